The summed E-state index contributed by atoms with van der Waals surface area (Å²) in [5.41, 5.74) is 0. The molecular weight excluding hydrogens is 147 g/mol. The fourth-order valence-electron chi connectivity index (χ4n) is 0.898. The second-order valence-electron chi connectivity index (χ2n) is 2.69. The highest BCUT2D eigenvalue weighted by Crippen LogP contribution is 2.04. The van der Waals surface area contributed by atoms with Gasteiger partial charge in [0.1, 0.15) is 0 Å². The maximum Gasteiger partial charge on any atom is 0.0770 e. The van der Waals surface area contributed by atoms with Gasteiger partial charge in [-0.1, -0.05) is 32.6 Å². The van der Waals surface area contributed by atoms with E-state index in [1.165, 1.54) is 19.3 Å². The summed E-state index contributed by atoms with van der Waals surface area (Å²) >= 11 is 0. The highest BCUT2D eigenvalue weighted by Gasteiger charge is 1.99. The van der Waals surface area contributed by atoms with Crippen molar-refractivity contribution in [3.63, 3.8) is 0 Å². The molecule has 0 bridgehead atoms. The number of rotatable bonds is 6. The number of aliphatic hydroxyl groups is 2. The molecule has 0 saturated carbocycles. The van der Waals surface area contributed by atoms with Crippen molar-refractivity contribution < 1.29 is 14.9 Å². The van der Waals surface area contributed by atoms with E-state index in [1.807, 2.05) is 0 Å². The minimum Gasteiger partial charge on any atom is -0.394 e. The van der Waals surface area contributed by atoms with Crippen LogP contribution in [0, 0.1) is 0 Å². The van der Waals surface area contributed by atoms with Crippen LogP contribution in [0.3, 0.4) is 0 Å². The third-order valence-corrected chi connectivity index (χ3v) is 1.60. The van der Waals surface area contributed by atoms with Crippen molar-refractivity contribution in [2.45, 2.75) is 45.1 Å². The molecule has 0 aliphatic heterocycles. The molecule has 1 unspecified atom stereocenters. The number of hydrogen-bond donors (Lipinski definition) is 2. The van der Waals surface area contributed by atoms with Crippen molar-refractivity contribution in [1.82, 2.24) is 0 Å². The summed E-state index contributed by atoms with van der Waals surface area (Å²) < 4.78 is 0. The molecule has 0 aliphatic rings. The predicted octanol–water partition coefficient (Wildman–Crippen LogP) is 1.46. The molecular formula is C8H19FO2. The molecule has 0 aromatic rings. The van der Waals surface area contributed by atoms with Gasteiger partial charge in [0.05, 0.1) is 12.7 Å². The van der Waals surface area contributed by atoms with Gasteiger partial charge < -0.3 is 10.2 Å². The maximum absolute atomic E-state index is 8.91. The van der Waals surface area contributed by atoms with Crippen LogP contribution in [-0.2, 0) is 0 Å². The molecule has 0 radical (unpaired) electrons. The van der Waals surface area contributed by atoms with Crippen molar-refractivity contribution in [3.8, 4) is 0 Å². The molecule has 0 heterocycles. The molecule has 0 amide bonds. The van der Waals surface area contributed by atoms with Crippen LogP contribution >= 0.6 is 0 Å². The van der Waals surface area contributed by atoms with Gasteiger partial charge in [0.2, 0.25) is 0 Å². The lowest BCUT2D eigenvalue weighted by molar-refractivity contribution is 0.0860. The van der Waals surface area contributed by atoms with Gasteiger partial charge in [-0.25, -0.2) is 0 Å². The van der Waals surface area contributed by atoms with Crippen LogP contribution in [0.2, 0.25) is 0 Å². The Labute approximate surface area is 67.6 Å². The van der Waals surface area contributed by atoms with Gasteiger partial charge in [0.25, 0.3) is 0 Å². The molecule has 0 saturated heterocycles. The minimum absolute atomic E-state index is 0. The van der Waals surface area contributed by atoms with E-state index in [9.17, 15) is 0 Å². The van der Waals surface area contributed by atoms with Crippen molar-refractivity contribution >= 4 is 0 Å². The summed E-state index contributed by atoms with van der Waals surface area (Å²) in [6, 6.07) is 0. The Morgan fingerprint density at radius 2 is 1.82 bits per heavy atom. The Bertz CT molecular complexity index is 69.1. The highest BCUT2D eigenvalue weighted by atomic mass is 19.0. The summed E-state index contributed by atoms with van der Waals surface area (Å²) in [4.78, 5) is 0. The molecule has 11 heavy (non-hydrogen) atoms. The van der Waals surface area contributed by atoms with Gasteiger partial charge in [0.15, 0.2) is 0 Å². The van der Waals surface area contributed by atoms with Crippen LogP contribution in [-0.4, -0.2) is 22.9 Å². The van der Waals surface area contributed by atoms with E-state index in [1.54, 1.807) is 0 Å². The van der Waals surface area contributed by atoms with Crippen LogP contribution in [0.4, 0.5) is 4.70 Å². The molecule has 3 heteroatoms. The summed E-state index contributed by atoms with van der Waals surface area (Å²) in [6.45, 7) is 2.06. The lowest BCUT2D eigenvalue weighted by Gasteiger charge is -2.04. The Kier molecular flexibility index (Phi) is 12.0. The van der Waals surface area contributed by atoms with E-state index in [0.717, 1.165) is 12.8 Å². The fourth-order valence-corrected chi connectivity index (χ4v) is 0.898. The second kappa shape index (κ2) is 9.85. The second-order valence-corrected chi connectivity index (χ2v) is 2.69. The summed E-state index contributed by atoms with van der Waals surface area (Å²) in [7, 11) is 0. The van der Waals surface area contributed by atoms with E-state index in [2.05, 4.69) is 6.92 Å². The zero-order valence-corrected chi connectivity index (χ0v) is 7.12. The van der Waals surface area contributed by atoms with Gasteiger partial charge >= 0.3 is 0 Å². The first-order valence-electron chi connectivity index (χ1n) is 4.10. The van der Waals surface area contributed by atoms with Crippen molar-refractivity contribution in [1.29, 1.82) is 0 Å². The van der Waals surface area contributed by atoms with E-state index in [-0.39, 0.29) is 11.3 Å². The molecule has 0 aromatic heterocycles. The zero-order chi connectivity index (χ0) is 7.82. The molecule has 0 rings (SSSR count). The summed E-state index contributed by atoms with van der Waals surface area (Å²) in [5, 5.41) is 17.3. The molecule has 1 atom stereocenters. The number of halogens is 1. The standard InChI is InChI=1S/C8H18O2.FH/c1-2-3-4-5-6-8(10)7-9;/h8-10H,2-7H2,1H3;1H. The Balaban J connectivity index is 0. The molecule has 0 aromatic carbocycles. The van der Waals surface area contributed by atoms with Crippen LogP contribution in [0.1, 0.15) is 39.0 Å². The SMILES string of the molecule is CCCCCCC(O)CO.F. The first-order valence-corrected chi connectivity index (χ1v) is 4.10. The van der Waals surface area contributed by atoms with Crippen LogP contribution in [0.25, 0.3) is 0 Å². The summed E-state index contributed by atoms with van der Waals surface area (Å²) in [6.07, 6.45) is 4.92. The molecule has 2 N–H and O–H groups in total. The van der Waals surface area contributed by atoms with Crippen LogP contribution < -0.4 is 0 Å². The number of unbranched alkanes of at least 4 members (excludes halogenated alkanes) is 3. The van der Waals surface area contributed by atoms with Gasteiger partial charge in [-0.3, -0.25) is 4.70 Å². The smallest absolute Gasteiger partial charge is 0.0770 e. The minimum atomic E-state index is -0.489. The molecule has 70 valence electrons. The maximum atomic E-state index is 8.91. The highest BCUT2D eigenvalue weighted by molar-refractivity contribution is 4.52. The predicted molar refractivity (Wildman–Crippen MR) is 44.4 cm³/mol. The quantitative estimate of drug-likeness (QED) is 0.586. The summed E-state index contributed by atoms with van der Waals surface area (Å²) in [5.74, 6) is 0. The fraction of sp³-hybridized carbons (Fsp3) is 1.00. The van der Waals surface area contributed by atoms with Gasteiger partial charge in [-0.2, -0.15) is 0 Å². The lowest BCUT2D eigenvalue weighted by atomic mass is 10.1. The first kappa shape index (κ1) is 13.4. The Morgan fingerprint density at radius 1 is 1.18 bits per heavy atom. The van der Waals surface area contributed by atoms with E-state index in [4.69, 9.17) is 10.2 Å². The molecule has 0 fully saturated rings. The largest absolute Gasteiger partial charge is 0.394 e. The van der Waals surface area contributed by atoms with E-state index >= 15 is 0 Å². The third-order valence-electron chi connectivity index (χ3n) is 1.60. The van der Waals surface area contributed by atoms with E-state index in [0.29, 0.717) is 0 Å². The van der Waals surface area contributed by atoms with Crippen LogP contribution in [0.5, 0.6) is 0 Å². The third kappa shape index (κ3) is 9.85. The van der Waals surface area contributed by atoms with Gasteiger partial charge in [-0.15, -0.1) is 0 Å². The first-order chi connectivity index (χ1) is 4.81. The Hall–Kier alpha value is -0.150. The average Bonchev–Trinajstić information content (AvgIpc) is 1.98. The number of hydrogen-bond acceptors (Lipinski definition) is 2. The lowest BCUT2D eigenvalue weighted by Crippen LogP contribution is -2.10. The molecule has 2 nitrogen and oxygen atoms in total. The number of aliphatic hydroxyl groups excluding tert-OH is 2. The topological polar surface area (TPSA) is 40.5 Å². The zero-order valence-electron chi connectivity index (χ0n) is 7.12. The van der Waals surface area contributed by atoms with Crippen molar-refractivity contribution in [2.24, 2.45) is 0 Å². The monoisotopic (exact) mass is 166 g/mol. The van der Waals surface area contributed by atoms with Crippen molar-refractivity contribution in [3.05, 3.63) is 0 Å². The average molecular weight is 166 g/mol. The molecule has 0 aliphatic carbocycles. The Morgan fingerprint density at radius 3 is 2.27 bits per heavy atom. The van der Waals surface area contributed by atoms with E-state index < -0.39 is 6.10 Å². The van der Waals surface area contributed by atoms with Crippen LogP contribution in [0.15, 0.2) is 0 Å². The van der Waals surface area contributed by atoms with Gasteiger partial charge in [0, 0.05) is 0 Å². The molecule has 0 spiro atoms. The van der Waals surface area contributed by atoms with Crippen molar-refractivity contribution in [2.75, 3.05) is 6.61 Å². The van der Waals surface area contributed by atoms with Gasteiger partial charge in [-0.05, 0) is 6.42 Å². The normalized spacial score (nSPS) is 12.3.